The van der Waals surface area contributed by atoms with Gasteiger partial charge in [0.25, 0.3) is 0 Å². The van der Waals surface area contributed by atoms with Gasteiger partial charge in [0.15, 0.2) is 0 Å². The lowest BCUT2D eigenvalue weighted by atomic mass is 10.3. The van der Waals surface area contributed by atoms with Crippen molar-refractivity contribution < 1.29 is 13.9 Å². The molecule has 4 nitrogen and oxygen atoms in total. The minimum atomic E-state index is -0.277. The molecule has 0 saturated carbocycles. The number of rotatable bonds is 9. The smallest absolute Gasteiger partial charge is 0.220 e. The lowest BCUT2D eigenvalue weighted by Crippen LogP contribution is -2.26. The summed E-state index contributed by atoms with van der Waals surface area (Å²) < 4.78 is 18.1. The van der Waals surface area contributed by atoms with Crippen molar-refractivity contribution in [2.24, 2.45) is 0 Å². The van der Waals surface area contributed by atoms with E-state index in [-0.39, 0.29) is 11.7 Å². The molecule has 106 valence electrons. The summed E-state index contributed by atoms with van der Waals surface area (Å²) in [6.45, 7) is 1.95. The molecule has 2 N–H and O–H groups in total. The summed E-state index contributed by atoms with van der Waals surface area (Å²) in [7, 11) is 1.87. The molecule has 0 aliphatic rings. The second-order valence-corrected chi connectivity index (χ2v) is 4.21. The fraction of sp³-hybridized carbons (Fsp3) is 0.500. The Balaban J connectivity index is 2.01. The maximum Gasteiger partial charge on any atom is 0.220 e. The third-order valence-electron chi connectivity index (χ3n) is 2.56. The van der Waals surface area contributed by atoms with E-state index in [9.17, 15) is 9.18 Å². The highest BCUT2D eigenvalue weighted by Gasteiger charge is 2.00. The van der Waals surface area contributed by atoms with Crippen LogP contribution in [-0.4, -0.2) is 32.7 Å². The SMILES string of the molecule is CNCCCC(=O)NCCCOc1ccc(F)cc1. The van der Waals surface area contributed by atoms with Crippen LogP contribution in [0.4, 0.5) is 4.39 Å². The van der Waals surface area contributed by atoms with E-state index in [1.807, 2.05) is 7.05 Å². The van der Waals surface area contributed by atoms with Crippen LogP contribution in [0.1, 0.15) is 19.3 Å². The summed E-state index contributed by atoms with van der Waals surface area (Å²) in [6, 6.07) is 5.90. The first-order valence-electron chi connectivity index (χ1n) is 6.52. The molecule has 0 aliphatic carbocycles. The molecule has 1 aromatic rings. The van der Waals surface area contributed by atoms with E-state index in [1.165, 1.54) is 12.1 Å². The number of amides is 1. The van der Waals surface area contributed by atoms with E-state index in [4.69, 9.17) is 4.74 Å². The zero-order chi connectivity index (χ0) is 13.9. The minimum absolute atomic E-state index is 0.0667. The predicted molar refractivity (Wildman–Crippen MR) is 72.7 cm³/mol. The predicted octanol–water partition coefficient (Wildman–Crippen LogP) is 1.71. The molecule has 19 heavy (non-hydrogen) atoms. The van der Waals surface area contributed by atoms with Crippen LogP contribution in [-0.2, 0) is 4.79 Å². The molecule has 0 heterocycles. The quantitative estimate of drug-likeness (QED) is 0.670. The molecule has 0 aliphatic heterocycles. The van der Waals surface area contributed by atoms with E-state index in [2.05, 4.69) is 10.6 Å². The van der Waals surface area contributed by atoms with Crippen LogP contribution in [0.25, 0.3) is 0 Å². The van der Waals surface area contributed by atoms with Crippen molar-refractivity contribution in [2.45, 2.75) is 19.3 Å². The van der Waals surface area contributed by atoms with E-state index in [0.29, 0.717) is 25.3 Å². The largest absolute Gasteiger partial charge is 0.494 e. The number of ether oxygens (including phenoxy) is 1. The topological polar surface area (TPSA) is 50.4 Å². The molecule has 0 spiro atoms. The molecule has 1 rings (SSSR count). The molecular formula is C14H21FN2O2. The summed E-state index contributed by atoms with van der Waals surface area (Å²) in [6.07, 6.45) is 2.11. The van der Waals surface area contributed by atoms with Gasteiger partial charge in [-0.3, -0.25) is 4.79 Å². The Morgan fingerprint density at radius 2 is 1.95 bits per heavy atom. The average molecular weight is 268 g/mol. The Labute approximate surface area is 113 Å². The van der Waals surface area contributed by atoms with Gasteiger partial charge in [-0.2, -0.15) is 0 Å². The third-order valence-corrected chi connectivity index (χ3v) is 2.56. The molecule has 0 aromatic heterocycles. The van der Waals surface area contributed by atoms with Crippen molar-refractivity contribution in [1.29, 1.82) is 0 Å². The normalized spacial score (nSPS) is 10.2. The van der Waals surface area contributed by atoms with E-state index >= 15 is 0 Å². The highest BCUT2D eigenvalue weighted by atomic mass is 19.1. The Morgan fingerprint density at radius 1 is 1.21 bits per heavy atom. The zero-order valence-electron chi connectivity index (χ0n) is 11.2. The fourth-order valence-corrected chi connectivity index (χ4v) is 1.53. The van der Waals surface area contributed by atoms with Gasteiger partial charge in [0, 0.05) is 13.0 Å². The van der Waals surface area contributed by atoms with Crippen molar-refractivity contribution in [3.63, 3.8) is 0 Å². The summed E-state index contributed by atoms with van der Waals surface area (Å²) in [5, 5.41) is 5.83. The monoisotopic (exact) mass is 268 g/mol. The van der Waals surface area contributed by atoms with Gasteiger partial charge in [-0.15, -0.1) is 0 Å². The van der Waals surface area contributed by atoms with Crippen LogP contribution in [0.15, 0.2) is 24.3 Å². The van der Waals surface area contributed by atoms with Crippen molar-refractivity contribution >= 4 is 5.91 Å². The highest BCUT2D eigenvalue weighted by Crippen LogP contribution is 2.10. The van der Waals surface area contributed by atoms with Gasteiger partial charge in [0.1, 0.15) is 11.6 Å². The number of hydrogen-bond acceptors (Lipinski definition) is 3. The number of nitrogens with one attached hydrogen (secondary N) is 2. The lowest BCUT2D eigenvalue weighted by molar-refractivity contribution is -0.121. The van der Waals surface area contributed by atoms with Crippen molar-refractivity contribution in [2.75, 3.05) is 26.7 Å². The van der Waals surface area contributed by atoms with Crippen LogP contribution >= 0.6 is 0 Å². The van der Waals surface area contributed by atoms with Gasteiger partial charge < -0.3 is 15.4 Å². The van der Waals surface area contributed by atoms with Gasteiger partial charge in [-0.05, 0) is 50.7 Å². The molecule has 0 fully saturated rings. The molecule has 5 heteroatoms. The molecule has 0 bridgehead atoms. The minimum Gasteiger partial charge on any atom is -0.494 e. The number of benzene rings is 1. The first kappa shape index (κ1) is 15.4. The lowest BCUT2D eigenvalue weighted by Gasteiger charge is -2.07. The van der Waals surface area contributed by atoms with Gasteiger partial charge in [0.2, 0.25) is 5.91 Å². The second kappa shape index (κ2) is 9.33. The summed E-state index contributed by atoms with van der Waals surface area (Å²) >= 11 is 0. The molecule has 0 saturated heterocycles. The average Bonchev–Trinajstić information content (AvgIpc) is 2.41. The van der Waals surface area contributed by atoms with Crippen molar-refractivity contribution in [1.82, 2.24) is 10.6 Å². The molecule has 0 radical (unpaired) electrons. The molecule has 1 aromatic carbocycles. The maximum atomic E-state index is 12.6. The summed E-state index contributed by atoms with van der Waals surface area (Å²) in [5.74, 6) is 0.431. The third kappa shape index (κ3) is 7.41. The molecule has 0 unspecified atom stereocenters. The number of carbonyl (C=O) groups excluding carboxylic acids is 1. The standard InChI is InChI=1S/C14H21FN2O2/c1-16-9-2-4-14(18)17-10-3-11-19-13-7-5-12(15)6-8-13/h5-8,16H,2-4,9-11H2,1H3,(H,17,18). The van der Waals surface area contributed by atoms with Crippen LogP contribution < -0.4 is 15.4 Å². The van der Waals surface area contributed by atoms with Crippen LogP contribution in [0.5, 0.6) is 5.75 Å². The number of halogens is 1. The van der Waals surface area contributed by atoms with Crippen LogP contribution in [0, 0.1) is 5.82 Å². The Bertz CT molecular complexity index is 368. The first-order valence-corrected chi connectivity index (χ1v) is 6.52. The Morgan fingerprint density at radius 3 is 2.63 bits per heavy atom. The van der Waals surface area contributed by atoms with Crippen molar-refractivity contribution in [3.8, 4) is 5.75 Å². The summed E-state index contributed by atoms with van der Waals surface area (Å²) in [4.78, 5) is 11.4. The van der Waals surface area contributed by atoms with Gasteiger partial charge in [-0.1, -0.05) is 0 Å². The van der Waals surface area contributed by atoms with E-state index in [0.717, 1.165) is 19.4 Å². The second-order valence-electron chi connectivity index (χ2n) is 4.21. The Kier molecular flexibility index (Phi) is 7.58. The molecule has 1 amide bonds. The number of carbonyl (C=O) groups is 1. The first-order chi connectivity index (χ1) is 9.22. The zero-order valence-corrected chi connectivity index (χ0v) is 11.2. The highest BCUT2D eigenvalue weighted by molar-refractivity contribution is 5.75. The van der Waals surface area contributed by atoms with Crippen molar-refractivity contribution in [3.05, 3.63) is 30.1 Å². The van der Waals surface area contributed by atoms with E-state index < -0.39 is 0 Å². The van der Waals surface area contributed by atoms with Gasteiger partial charge in [0.05, 0.1) is 6.61 Å². The van der Waals surface area contributed by atoms with Gasteiger partial charge >= 0.3 is 0 Å². The van der Waals surface area contributed by atoms with E-state index in [1.54, 1.807) is 12.1 Å². The van der Waals surface area contributed by atoms with Gasteiger partial charge in [-0.25, -0.2) is 4.39 Å². The van der Waals surface area contributed by atoms with Crippen LogP contribution in [0.2, 0.25) is 0 Å². The fourth-order valence-electron chi connectivity index (χ4n) is 1.53. The molecular weight excluding hydrogens is 247 g/mol. The Hall–Kier alpha value is -1.62. The molecule has 0 atom stereocenters. The number of hydrogen-bond donors (Lipinski definition) is 2. The maximum absolute atomic E-state index is 12.6. The summed E-state index contributed by atoms with van der Waals surface area (Å²) in [5.41, 5.74) is 0. The van der Waals surface area contributed by atoms with Crippen LogP contribution in [0.3, 0.4) is 0 Å².